The summed E-state index contributed by atoms with van der Waals surface area (Å²) in [5, 5.41) is 9.29. The van der Waals surface area contributed by atoms with Crippen molar-refractivity contribution < 1.29 is 14.6 Å². The van der Waals surface area contributed by atoms with Gasteiger partial charge in [-0.25, -0.2) is 9.78 Å². The first-order chi connectivity index (χ1) is 9.70. The molecule has 0 radical (unpaired) electrons. The van der Waals surface area contributed by atoms with Gasteiger partial charge in [0.15, 0.2) is 0 Å². The second-order valence-electron chi connectivity index (χ2n) is 4.29. The van der Waals surface area contributed by atoms with Crippen LogP contribution in [0.5, 0.6) is 5.75 Å². The number of aromatic carboxylic acids is 1. The van der Waals surface area contributed by atoms with Gasteiger partial charge in [0.2, 0.25) is 0 Å². The SMILES string of the molecule is COc1ccc(-n2cnc3cccc(C(=O)O)c32)cc1. The van der Waals surface area contributed by atoms with Crippen LogP contribution in [-0.4, -0.2) is 27.7 Å². The van der Waals surface area contributed by atoms with E-state index in [1.165, 1.54) is 0 Å². The van der Waals surface area contributed by atoms with Gasteiger partial charge in [-0.05, 0) is 36.4 Å². The lowest BCUT2D eigenvalue weighted by molar-refractivity contribution is 0.0698. The highest BCUT2D eigenvalue weighted by Gasteiger charge is 2.14. The number of hydrogen-bond acceptors (Lipinski definition) is 3. The van der Waals surface area contributed by atoms with Gasteiger partial charge in [-0.3, -0.25) is 4.57 Å². The van der Waals surface area contributed by atoms with Gasteiger partial charge in [-0.2, -0.15) is 0 Å². The summed E-state index contributed by atoms with van der Waals surface area (Å²) >= 11 is 0. The Morgan fingerprint density at radius 3 is 2.60 bits per heavy atom. The number of nitrogens with zero attached hydrogens (tertiary/aromatic N) is 2. The molecule has 0 amide bonds. The van der Waals surface area contributed by atoms with Gasteiger partial charge < -0.3 is 9.84 Å². The molecule has 3 rings (SSSR count). The number of carboxylic acid groups (broad SMARTS) is 1. The van der Waals surface area contributed by atoms with Crippen molar-refractivity contribution in [1.29, 1.82) is 0 Å². The van der Waals surface area contributed by atoms with Gasteiger partial charge in [-0.15, -0.1) is 0 Å². The summed E-state index contributed by atoms with van der Waals surface area (Å²) in [7, 11) is 1.60. The van der Waals surface area contributed by atoms with E-state index in [-0.39, 0.29) is 5.56 Å². The number of para-hydroxylation sites is 1. The van der Waals surface area contributed by atoms with Crippen molar-refractivity contribution in [2.75, 3.05) is 7.11 Å². The topological polar surface area (TPSA) is 64.4 Å². The lowest BCUT2D eigenvalue weighted by atomic mass is 10.2. The molecular formula is C15H12N2O3. The molecule has 0 saturated carbocycles. The highest BCUT2D eigenvalue weighted by Crippen LogP contribution is 2.23. The number of carbonyl (C=O) groups is 1. The number of imidazole rings is 1. The highest BCUT2D eigenvalue weighted by molar-refractivity contribution is 6.01. The molecule has 5 heteroatoms. The maximum absolute atomic E-state index is 11.3. The quantitative estimate of drug-likeness (QED) is 0.793. The second kappa shape index (κ2) is 4.70. The molecule has 1 aromatic heterocycles. The Labute approximate surface area is 115 Å². The fourth-order valence-electron chi connectivity index (χ4n) is 2.18. The van der Waals surface area contributed by atoms with Crippen LogP contribution in [0, 0.1) is 0 Å². The van der Waals surface area contributed by atoms with Crippen LogP contribution in [0.1, 0.15) is 10.4 Å². The standard InChI is InChI=1S/C15H12N2O3/c1-20-11-7-5-10(6-8-11)17-9-16-13-4-2-3-12(14(13)17)15(18)19/h2-9H,1H3,(H,18,19). The van der Waals surface area contributed by atoms with E-state index in [1.54, 1.807) is 36.2 Å². The highest BCUT2D eigenvalue weighted by atomic mass is 16.5. The molecule has 5 nitrogen and oxygen atoms in total. The molecule has 0 fully saturated rings. The van der Waals surface area contributed by atoms with Gasteiger partial charge in [0.25, 0.3) is 0 Å². The monoisotopic (exact) mass is 268 g/mol. The van der Waals surface area contributed by atoms with Crippen LogP contribution < -0.4 is 4.74 Å². The molecule has 1 N–H and O–H groups in total. The van der Waals surface area contributed by atoms with Gasteiger partial charge >= 0.3 is 5.97 Å². The van der Waals surface area contributed by atoms with E-state index in [1.807, 2.05) is 24.3 Å². The predicted octanol–water partition coefficient (Wildman–Crippen LogP) is 2.73. The Morgan fingerprint density at radius 2 is 1.95 bits per heavy atom. The zero-order valence-electron chi connectivity index (χ0n) is 10.8. The van der Waals surface area contributed by atoms with E-state index in [2.05, 4.69) is 4.98 Å². The maximum Gasteiger partial charge on any atom is 0.337 e. The van der Waals surface area contributed by atoms with Crippen molar-refractivity contribution in [3.8, 4) is 11.4 Å². The first-order valence-electron chi connectivity index (χ1n) is 6.04. The lowest BCUT2D eigenvalue weighted by Gasteiger charge is -2.07. The zero-order valence-corrected chi connectivity index (χ0v) is 10.8. The number of rotatable bonds is 3. The summed E-state index contributed by atoms with van der Waals surface area (Å²) in [5.74, 6) is -0.220. The average Bonchev–Trinajstić information content (AvgIpc) is 2.91. The molecular weight excluding hydrogens is 256 g/mol. The molecule has 0 bridgehead atoms. The van der Waals surface area contributed by atoms with E-state index < -0.39 is 5.97 Å². The predicted molar refractivity (Wildman–Crippen MR) is 74.6 cm³/mol. The fourth-order valence-corrected chi connectivity index (χ4v) is 2.18. The van der Waals surface area contributed by atoms with Crippen LogP contribution in [0.25, 0.3) is 16.7 Å². The van der Waals surface area contributed by atoms with Crippen LogP contribution in [0.2, 0.25) is 0 Å². The number of hydrogen-bond donors (Lipinski definition) is 1. The first-order valence-corrected chi connectivity index (χ1v) is 6.04. The zero-order chi connectivity index (χ0) is 14.1. The summed E-state index contributed by atoms with van der Waals surface area (Å²) in [6.45, 7) is 0. The molecule has 0 unspecified atom stereocenters. The molecule has 0 aliphatic heterocycles. The average molecular weight is 268 g/mol. The molecule has 0 aliphatic carbocycles. The smallest absolute Gasteiger partial charge is 0.337 e. The Kier molecular flexibility index (Phi) is 2.87. The van der Waals surface area contributed by atoms with E-state index >= 15 is 0 Å². The summed E-state index contributed by atoms with van der Waals surface area (Å²) in [6.07, 6.45) is 1.62. The molecule has 2 aromatic carbocycles. The number of fused-ring (bicyclic) bond motifs is 1. The summed E-state index contributed by atoms with van der Waals surface area (Å²) in [5.41, 5.74) is 2.31. The summed E-state index contributed by atoms with van der Waals surface area (Å²) in [6, 6.07) is 12.4. The van der Waals surface area contributed by atoms with Crippen LogP contribution >= 0.6 is 0 Å². The number of ether oxygens (including phenoxy) is 1. The maximum atomic E-state index is 11.3. The first kappa shape index (κ1) is 12.2. The fraction of sp³-hybridized carbons (Fsp3) is 0.0667. The molecule has 0 saturated heterocycles. The van der Waals surface area contributed by atoms with Gasteiger partial charge in [-0.1, -0.05) is 6.07 Å². The van der Waals surface area contributed by atoms with Crippen molar-refractivity contribution in [2.24, 2.45) is 0 Å². The van der Waals surface area contributed by atoms with Crippen LogP contribution in [-0.2, 0) is 0 Å². The molecule has 0 aliphatic rings. The number of benzene rings is 2. The third kappa shape index (κ3) is 1.89. The van der Waals surface area contributed by atoms with Crippen molar-refractivity contribution >= 4 is 17.0 Å². The molecule has 0 atom stereocenters. The Morgan fingerprint density at radius 1 is 1.20 bits per heavy atom. The largest absolute Gasteiger partial charge is 0.497 e. The van der Waals surface area contributed by atoms with Crippen molar-refractivity contribution in [3.63, 3.8) is 0 Å². The van der Waals surface area contributed by atoms with Gasteiger partial charge in [0.05, 0.1) is 23.7 Å². The van der Waals surface area contributed by atoms with E-state index in [9.17, 15) is 9.90 Å². The Balaban J connectivity index is 2.22. The van der Waals surface area contributed by atoms with Crippen molar-refractivity contribution in [1.82, 2.24) is 9.55 Å². The molecule has 100 valence electrons. The second-order valence-corrected chi connectivity index (χ2v) is 4.29. The normalized spacial score (nSPS) is 10.7. The number of aromatic nitrogens is 2. The Bertz CT molecular complexity index is 775. The summed E-state index contributed by atoms with van der Waals surface area (Å²) in [4.78, 5) is 15.6. The van der Waals surface area contributed by atoms with E-state index in [4.69, 9.17) is 4.74 Å². The lowest BCUT2D eigenvalue weighted by Crippen LogP contribution is -2.01. The minimum absolute atomic E-state index is 0.232. The molecule has 1 heterocycles. The Hall–Kier alpha value is -2.82. The van der Waals surface area contributed by atoms with Crippen molar-refractivity contribution in [2.45, 2.75) is 0 Å². The van der Waals surface area contributed by atoms with Crippen LogP contribution in [0.4, 0.5) is 0 Å². The number of methoxy groups -OCH3 is 1. The number of carboxylic acids is 1. The van der Waals surface area contributed by atoms with E-state index in [0.717, 1.165) is 11.4 Å². The minimum atomic E-state index is -0.967. The van der Waals surface area contributed by atoms with Crippen LogP contribution in [0.15, 0.2) is 48.8 Å². The third-order valence-electron chi connectivity index (χ3n) is 3.15. The summed E-state index contributed by atoms with van der Waals surface area (Å²) < 4.78 is 6.88. The minimum Gasteiger partial charge on any atom is -0.497 e. The molecule has 3 aromatic rings. The van der Waals surface area contributed by atoms with Crippen LogP contribution in [0.3, 0.4) is 0 Å². The molecule has 0 spiro atoms. The molecule has 20 heavy (non-hydrogen) atoms. The van der Waals surface area contributed by atoms with Crippen molar-refractivity contribution in [3.05, 3.63) is 54.4 Å². The van der Waals surface area contributed by atoms with Gasteiger partial charge in [0.1, 0.15) is 12.1 Å². The third-order valence-corrected chi connectivity index (χ3v) is 3.15. The van der Waals surface area contributed by atoms with Gasteiger partial charge in [0, 0.05) is 5.69 Å². The van der Waals surface area contributed by atoms with E-state index in [0.29, 0.717) is 11.0 Å².